The van der Waals surface area contributed by atoms with Gasteiger partial charge in [-0.15, -0.1) is 0 Å². The van der Waals surface area contributed by atoms with Gasteiger partial charge in [0.15, 0.2) is 0 Å². The van der Waals surface area contributed by atoms with Gasteiger partial charge in [0.05, 0.1) is 20.3 Å². The number of morpholine rings is 1. The molecule has 0 atom stereocenters. The Kier molecular flexibility index (Phi) is 6.17. The summed E-state index contributed by atoms with van der Waals surface area (Å²) in [6.45, 7) is 4.50. The Balaban J connectivity index is 1.33. The number of fused-ring (bicyclic) bond motifs is 1. The van der Waals surface area contributed by atoms with Crippen LogP contribution in [0, 0.1) is 0 Å². The number of urea groups is 1. The lowest BCUT2D eigenvalue weighted by Gasteiger charge is -2.32. The van der Waals surface area contributed by atoms with Gasteiger partial charge in [-0.2, -0.15) is 0 Å². The molecule has 1 N–H and O–H groups in total. The van der Waals surface area contributed by atoms with E-state index in [9.17, 15) is 4.79 Å². The topological polar surface area (TPSA) is 54.0 Å². The Hall–Kier alpha value is -3.51. The number of nitrogens with one attached hydrogen (secondary N) is 1. The van der Waals surface area contributed by atoms with E-state index in [1.807, 2.05) is 41.3 Å². The van der Waals surface area contributed by atoms with Crippen molar-refractivity contribution in [2.24, 2.45) is 0 Å². The van der Waals surface area contributed by atoms with Crippen molar-refractivity contribution in [2.75, 3.05) is 50.2 Å². The summed E-state index contributed by atoms with van der Waals surface area (Å²) < 4.78 is 11.1. The minimum Gasteiger partial charge on any atom is -0.496 e. The maximum absolute atomic E-state index is 13.1. The molecule has 0 unspecified atom stereocenters. The number of rotatable bonds is 4. The van der Waals surface area contributed by atoms with Crippen LogP contribution >= 0.6 is 0 Å². The zero-order valence-electron chi connectivity index (χ0n) is 18.9. The highest BCUT2D eigenvalue weighted by molar-refractivity contribution is 5.90. The van der Waals surface area contributed by atoms with Crippen LogP contribution in [0.25, 0.3) is 11.1 Å². The first kappa shape index (κ1) is 21.3. The quantitative estimate of drug-likeness (QED) is 0.630. The zero-order chi connectivity index (χ0) is 22.6. The summed E-state index contributed by atoms with van der Waals surface area (Å²) in [6, 6.07) is 22.4. The Morgan fingerprint density at radius 1 is 0.909 bits per heavy atom. The van der Waals surface area contributed by atoms with Crippen LogP contribution in [0.5, 0.6) is 5.75 Å². The standard InChI is InChI=1S/C27H29N3O3/c1-32-26-12-11-23(20-5-3-2-4-6-20)25-19-30(14-13-24(25)26)27(31)28-21-7-9-22(10-8-21)29-15-17-33-18-16-29/h2-12H,13-19H2,1H3,(H,28,31). The van der Waals surface area contributed by atoms with Crippen LogP contribution in [0.3, 0.4) is 0 Å². The number of nitrogens with zero attached hydrogens (tertiary/aromatic N) is 2. The molecular weight excluding hydrogens is 414 g/mol. The lowest BCUT2D eigenvalue weighted by atomic mass is 9.90. The molecule has 6 heteroatoms. The summed E-state index contributed by atoms with van der Waals surface area (Å²) in [5.41, 5.74) is 6.61. The van der Waals surface area contributed by atoms with E-state index in [1.165, 1.54) is 5.56 Å². The van der Waals surface area contributed by atoms with Gasteiger partial charge in [-0.3, -0.25) is 0 Å². The molecule has 0 aromatic heterocycles. The third-order valence-electron chi connectivity index (χ3n) is 6.46. The fourth-order valence-corrected chi connectivity index (χ4v) is 4.68. The maximum Gasteiger partial charge on any atom is 0.322 e. The highest BCUT2D eigenvalue weighted by atomic mass is 16.5. The predicted octanol–water partition coefficient (Wildman–Crippen LogP) is 4.79. The van der Waals surface area contributed by atoms with Crippen molar-refractivity contribution in [3.05, 3.63) is 77.9 Å². The second-order valence-electron chi connectivity index (χ2n) is 8.39. The number of carbonyl (C=O) groups excluding carboxylic acids is 1. The third kappa shape index (κ3) is 4.52. The molecule has 2 aliphatic heterocycles. The highest BCUT2D eigenvalue weighted by Crippen LogP contribution is 2.36. The van der Waals surface area contributed by atoms with Crippen LogP contribution in [0.2, 0.25) is 0 Å². The summed E-state index contributed by atoms with van der Waals surface area (Å²) in [5, 5.41) is 3.07. The van der Waals surface area contributed by atoms with Gasteiger partial charge < -0.3 is 24.6 Å². The Labute approximate surface area is 194 Å². The molecule has 2 amide bonds. The van der Waals surface area contributed by atoms with Gasteiger partial charge in [0.2, 0.25) is 0 Å². The molecule has 33 heavy (non-hydrogen) atoms. The maximum atomic E-state index is 13.1. The molecule has 1 saturated heterocycles. The fourth-order valence-electron chi connectivity index (χ4n) is 4.68. The molecule has 2 aliphatic rings. The SMILES string of the molecule is COc1ccc(-c2ccccc2)c2c1CCN(C(=O)Nc1ccc(N3CCOCC3)cc1)C2. The van der Waals surface area contributed by atoms with Gasteiger partial charge in [-0.05, 0) is 53.4 Å². The van der Waals surface area contributed by atoms with Crippen molar-refractivity contribution in [3.8, 4) is 16.9 Å². The lowest BCUT2D eigenvalue weighted by Crippen LogP contribution is -2.39. The Morgan fingerprint density at radius 2 is 1.67 bits per heavy atom. The molecule has 0 saturated carbocycles. The molecular formula is C27H29N3O3. The summed E-state index contributed by atoms with van der Waals surface area (Å²) >= 11 is 0. The number of carbonyl (C=O) groups is 1. The Bertz CT molecular complexity index is 1110. The minimum absolute atomic E-state index is 0.0818. The molecule has 3 aromatic rings. The average Bonchev–Trinajstić information content (AvgIpc) is 2.89. The first-order valence-corrected chi connectivity index (χ1v) is 11.5. The molecule has 3 aromatic carbocycles. The molecule has 5 rings (SSSR count). The summed E-state index contributed by atoms with van der Waals surface area (Å²) in [6.07, 6.45) is 0.766. The van der Waals surface area contributed by atoms with E-state index < -0.39 is 0 Å². The molecule has 2 heterocycles. The van der Waals surface area contributed by atoms with Gasteiger partial charge in [0.25, 0.3) is 0 Å². The second kappa shape index (κ2) is 9.55. The van der Waals surface area contributed by atoms with Gasteiger partial charge >= 0.3 is 6.03 Å². The van der Waals surface area contributed by atoms with E-state index in [0.29, 0.717) is 13.1 Å². The van der Waals surface area contributed by atoms with Gasteiger partial charge in [0, 0.05) is 43.1 Å². The van der Waals surface area contributed by atoms with Crippen molar-refractivity contribution in [3.63, 3.8) is 0 Å². The van der Waals surface area contributed by atoms with Crippen LogP contribution < -0.4 is 15.0 Å². The number of hydrogen-bond acceptors (Lipinski definition) is 4. The van der Waals surface area contributed by atoms with Crippen molar-refractivity contribution >= 4 is 17.4 Å². The number of ether oxygens (including phenoxy) is 2. The molecule has 0 aliphatic carbocycles. The fraction of sp³-hybridized carbons (Fsp3) is 0.296. The van der Waals surface area contributed by atoms with Crippen molar-refractivity contribution in [2.45, 2.75) is 13.0 Å². The lowest BCUT2D eigenvalue weighted by molar-refractivity contribution is 0.122. The summed E-state index contributed by atoms with van der Waals surface area (Å²) in [4.78, 5) is 17.3. The average molecular weight is 444 g/mol. The van der Waals surface area contributed by atoms with Crippen molar-refractivity contribution in [1.29, 1.82) is 0 Å². The van der Waals surface area contributed by atoms with E-state index >= 15 is 0 Å². The van der Waals surface area contributed by atoms with Gasteiger partial charge in [0.1, 0.15) is 5.75 Å². The van der Waals surface area contributed by atoms with Crippen molar-refractivity contribution < 1.29 is 14.3 Å². The normalized spacial score (nSPS) is 15.7. The smallest absolute Gasteiger partial charge is 0.322 e. The van der Waals surface area contributed by atoms with Crippen LogP contribution in [0.4, 0.5) is 16.2 Å². The van der Waals surface area contributed by atoms with E-state index in [0.717, 1.165) is 66.5 Å². The number of amides is 2. The number of benzene rings is 3. The van der Waals surface area contributed by atoms with Crippen molar-refractivity contribution in [1.82, 2.24) is 4.90 Å². The first-order valence-electron chi connectivity index (χ1n) is 11.5. The van der Waals surface area contributed by atoms with Gasteiger partial charge in [-0.25, -0.2) is 4.79 Å². The molecule has 0 radical (unpaired) electrons. The number of anilines is 2. The van der Waals surface area contributed by atoms with E-state index in [4.69, 9.17) is 9.47 Å². The highest BCUT2D eigenvalue weighted by Gasteiger charge is 2.26. The minimum atomic E-state index is -0.0818. The van der Waals surface area contributed by atoms with E-state index in [-0.39, 0.29) is 6.03 Å². The molecule has 0 spiro atoms. The summed E-state index contributed by atoms with van der Waals surface area (Å²) in [5.74, 6) is 0.892. The number of hydrogen-bond donors (Lipinski definition) is 1. The number of methoxy groups -OCH3 is 1. The molecule has 6 nitrogen and oxygen atoms in total. The third-order valence-corrected chi connectivity index (χ3v) is 6.46. The molecule has 170 valence electrons. The Morgan fingerprint density at radius 3 is 2.39 bits per heavy atom. The monoisotopic (exact) mass is 443 g/mol. The van der Waals surface area contributed by atoms with E-state index in [2.05, 4.69) is 40.5 Å². The first-order chi connectivity index (χ1) is 16.2. The summed E-state index contributed by atoms with van der Waals surface area (Å²) in [7, 11) is 1.71. The van der Waals surface area contributed by atoms with Crippen LogP contribution in [0.1, 0.15) is 11.1 Å². The van der Waals surface area contributed by atoms with Crippen LogP contribution in [-0.2, 0) is 17.7 Å². The second-order valence-corrected chi connectivity index (χ2v) is 8.39. The van der Waals surface area contributed by atoms with Crippen LogP contribution in [-0.4, -0.2) is 50.9 Å². The van der Waals surface area contributed by atoms with Gasteiger partial charge in [-0.1, -0.05) is 36.4 Å². The van der Waals surface area contributed by atoms with E-state index in [1.54, 1.807) is 7.11 Å². The molecule has 0 bridgehead atoms. The molecule has 1 fully saturated rings. The largest absolute Gasteiger partial charge is 0.496 e. The zero-order valence-corrected chi connectivity index (χ0v) is 18.9. The predicted molar refractivity (Wildman–Crippen MR) is 131 cm³/mol. The van der Waals surface area contributed by atoms with Crippen LogP contribution in [0.15, 0.2) is 66.7 Å².